The number of rotatable bonds is 5. The van der Waals surface area contributed by atoms with Crippen molar-refractivity contribution in [3.05, 3.63) is 72.6 Å². The number of benzene rings is 2. The van der Waals surface area contributed by atoms with Gasteiger partial charge in [-0.25, -0.2) is 14.2 Å². The van der Waals surface area contributed by atoms with Crippen LogP contribution in [0.2, 0.25) is 0 Å². The summed E-state index contributed by atoms with van der Waals surface area (Å²) in [5.74, 6) is -0.975. The summed E-state index contributed by atoms with van der Waals surface area (Å²) >= 11 is 0. The fourth-order valence-electron chi connectivity index (χ4n) is 2.55. The first-order chi connectivity index (χ1) is 13.0. The van der Waals surface area contributed by atoms with E-state index in [2.05, 4.69) is 20.9 Å². The Morgan fingerprint density at radius 3 is 2.70 bits per heavy atom. The highest BCUT2D eigenvalue weighted by Gasteiger charge is 2.09. The van der Waals surface area contributed by atoms with Crippen molar-refractivity contribution in [1.29, 1.82) is 0 Å². The van der Waals surface area contributed by atoms with Gasteiger partial charge in [-0.3, -0.25) is 4.79 Å². The zero-order valence-corrected chi connectivity index (χ0v) is 14.6. The molecule has 3 aromatic rings. The van der Waals surface area contributed by atoms with Gasteiger partial charge in [-0.2, -0.15) is 0 Å². The van der Waals surface area contributed by atoms with E-state index >= 15 is 0 Å². The number of hydrogen-bond acceptors (Lipinski definition) is 3. The Kier molecular flexibility index (Phi) is 5.46. The predicted octanol–water partition coefficient (Wildman–Crippen LogP) is 3.29. The second-order valence-electron chi connectivity index (χ2n) is 5.78. The minimum atomic E-state index is -0.578. The Bertz CT molecular complexity index is 956. The van der Waals surface area contributed by atoms with Crippen molar-refractivity contribution in [1.82, 2.24) is 14.9 Å². The predicted molar refractivity (Wildman–Crippen MR) is 100 cm³/mol. The molecule has 1 heterocycles. The molecule has 0 saturated heterocycles. The molecule has 0 aliphatic rings. The minimum absolute atomic E-state index is 0.00533. The van der Waals surface area contributed by atoms with Crippen LogP contribution in [0.4, 0.5) is 20.6 Å². The van der Waals surface area contributed by atoms with Gasteiger partial charge in [0.25, 0.3) is 0 Å². The molecule has 0 atom stereocenters. The van der Waals surface area contributed by atoms with Crippen LogP contribution in [0.15, 0.2) is 61.2 Å². The Balaban J connectivity index is 1.65. The largest absolute Gasteiger partial charge is 0.334 e. The highest BCUT2D eigenvalue weighted by molar-refractivity contribution is 5.92. The molecule has 0 aliphatic carbocycles. The monoisotopic (exact) mass is 367 g/mol. The standard InChI is InChI=1S/C19H18FN5O2/c1-13(26)23-17-10-15(6-7-16(17)20)24-19(27)22-11-14-4-2-3-5-18(14)25-9-8-21-12-25/h2-10,12H,11H2,1H3,(H,23,26)(H2,22,24,27). The number of para-hydroxylation sites is 1. The van der Waals surface area contributed by atoms with Crippen LogP contribution in [-0.2, 0) is 11.3 Å². The first-order valence-corrected chi connectivity index (χ1v) is 8.21. The molecule has 0 radical (unpaired) electrons. The number of imidazole rings is 1. The highest BCUT2D eigenvalue weighted by atomic mass is 19.1. The van der Waals surface area contributed by atoms with Gasteiger partial charge in [-0.1, -0.05) is 18.2 Å². The summed E-state index contributed by atoms with van der Waals surface area (Å²) in [6.07, 6.45) is 5.18. The van der Waals surface area contributed by atoms with E-state index in [0.717, 1.165) is 11.3 Å². The van der Waals surface area contributed by atoms with Gasteiger partial charge in [-0.15, -0.1) is 0 Å². The lowest BCUT2D eigenvalue weighted by Crippen LogP contribution is -2.28. The maximum Gasteiger partial charge on any atom is 0.319 e. The third kappa shape index (κ3) is 4.69. The zero-order valence-electron chi connectivity index (χ0n) is 14.6. The first kappa shape index (κ1) is 18.1. The van der Waals surface area contributed by atoms with Crippen LogP contribution in [0.5, 0.6) is 0 Å². The molecule has 0 unspecified atom stereocenters. The molecular weight excluding hydrogens is 349 g/mol. The van der Waals surface area contributed by atoms with E-state index < -0.39 is 17.8 Å². The fraction of sp³-hybridized carbons (Fsp3) is 0.105. The number of aromatic nitrogens is 2. The van der Waals surface area contributed by atoms with Crippen LogP contribution in [0.3, 0.4) is 0 Å². The highest BCUT2D eigenvalue weighted by Crippen LogP contribution is 2.20. The maximum absolute atomic E-state index is 13.7. The smallest absolute Gasteiger partial charge is 0.319 e. The second-order valence-corrected chi connectivity index (χ2v) is 5.78. The average Bonchev–Trinajstić information content (AvgIpc) is 3.17. The Morgan fingerprint density at radius 1 is 1.15 bits per heavy atom. The lowest BCUT2D eigenvalue weighted by atomic mass is 10.1. The topological polar surface area (TPSA) is 88.0 Å². The Morgan fingerprint density at radius 2 is 1.96 bits per heavy atom. The van der Waals surface area contributed by atoms with Crippen molar-refractivity contribution in [2.24, 2.45) is 0 Å². The molecule has 0 bridgehead atoms. The van der Waals surface area contributed by atoms with E-state index in [-0.39, 0.29) is 5.69 Å². The molecule has 0 fully saturated rings. The molecule has 2 aromatic carbocycles. The van der Waals surface area contributed by atoms with Gasteiger partial charge in [0, 0.05) is 31.5 Å². The molecular formula is C19H18FN5O2. The number of amides is 3. The SMILES string of the molecule is CC(=O)Nc1cc(NC(=O)NCc2ccccc2-n2ccnc2)ccc1F. The minimum Gasteiger partial charge on any atom is -0.334 e. The Labute approximate surface area is 155 Å². The normalized spacial score (nSPS) is 10.3. The van der Waals surface area contributed by atoms with Gasteiger partial charge in [-0.05, 0) is 29.8 Å². The number of carbonyl (C=O) groups is 2. The summed E-state index contributed by atoms with van der Waals surface area (Å²) in [6, 6.07) is 11.1. The number of carbonyl (C=O) groups excluding carboxylic acids is 2. The lowest BCUT2D eigenvalue weighted by molar-refractivity contribution is -0.114. The molecule has 1 aromatic heterocycles. The van der Waals surface area contributed by atoms with Gasteiger partial charge in [0.1, 0.15) is 5.82 Å². The molecule has 138 valence electrons. The number of anilines is 2. The van der Waals surface area contributed by atoms with Crippen LogP contribution < -0.4 is 16.0 Å². The van der Waals surface area contributed by atoms with E-state index in [1.54, 1.807) is 12.5 Å². The third-order valence-electron chi connectivity index (χ3n) is 3.75. The van der Waals surface area contributed by atoms with Crippen molar-refractivity contribution in [3.8, 4) is 5.69 Å². The number of nitrogens with one attached hydrogen (secondary N) is 3. The van der Waals surface area contributed by atoms with E-state index in [1.165, 1.54) is 25.1 Å². The summed E-state index contributed by atoms with van der Waals surface area (Å²) in [6.45, 7) is 1.57. The quantitative estimate of drug-likeness (QED) is 0.647. The number of urea groups is 1. The van der Waals surface area contributed by atoms with Crippen molar-refractivity contribution >= 4 is 23.3 Å². The molecule has 0 spiro atoms. The molecule has 27 heavy (non-hydrogen) atoms. The summed E-state index contributed by atoms with van der Waals surface area (Å²) in [5.41, 5.74) is 2.18. The third-order valence-corrected chi connectivity index (χ3v) is 3.75. The van der Waals surface area contributed by atoms with Gasteiger partial charge in [0.15, 0.2) is 0 Å². The molecule has 3 amide bonds. The van der Waals surface area contributed by atoms with E-state index in [4.69, 9.17) is 0 Å². The zero-order chi connectivity index (χ0) is 19.2. The second kappa shape index (κ2) is 8.13. The molecule has 3 N–H and O–H groups in total. The van der Waals surface area contributed by atoms with Gasteiger partial charge in [0.2, 0.25) is 5.91 Å². The molecule has 7 nitrogen and oxygen atoms in total. The summed E-state index contributed by atoms with van der Waals surface area (Å²) < 4.78 is 15.5. The molecule has 3 rings (SSSR count). The van der Waals surface area contributed by atoms with Crippen molar-refractivity contribution < 1.29 is 14.0 Å². The van der Waals surface area contributed by atoms with Crippen molar-refractivity contribution in [2.45, 2.75) is 13.5 Å². The van der Waals surface area contributed by atoms with E-state index in [0.29, 0.717) is 12.2 Å². The summed E-state index contributed by atoms with van der Waals surface area (Å²) in [4.78, 5) is 27.3. The van der Waals surface area contributed by atoms with Crippen LogP contribution in [0.25, 0.3) is 5.69 Å². The molecule has 0 aliphatic heterocycles. The maximum atomic E-state index is 13.7. The van der Waals surface area contributed by atoms with Crippen molar-refractivity contribution in [2.75, 3.05) is 10.6 Å². The summed E-state index contributed by atoms with van der Waals surface area (Å²) in [7, 11) is 0. The number of hydrogen-bond donors (Lipinski definition) is 3. The summed E-state index contributed by atoms with van der Waals surface area (Å²) in [5, 5.41) is 7.75. The number of nitrogens with zero attached hydrogens (tertiary/aromatic N) is 2. The van der Waals surface area contributed by atoms with E-state index in [9.17, 15) is 14.0 Å². The van der Waals surface area contributed by atoms with Crippen LogP contribution in [0, 0.1) is 5.82 Å². The first-order valence-electron chi connectivity index (χ1n) is 8.21. The molecule has 0 saturated carbocycles. The number of halogens is 1. The average molecular weight is 367 g/mol. The van der Waals surface area contributed by atoms with Gasteiger partial charge >= 0.3 is 6.03 Å². The van der Waals surface area contributed by atoms with Crippen molar-refractivity contribution in [3.63, 3.8) is 0 Å². The van der Waals surface area contributed by atoms with E-state index in [1.807, 2.05) is 35.0 Å². The lowest BCUT2D eigenvalue weighted by Gasteiger charge is -2.12. The van der Waals surface area contributed by atoms with Gasteiger partial charge < -0.3 is 20.5 Å². The van der Waals surface area contributed by atoms with Crippen LogP contribution in [0.1, 0.15) is 12.5 Å². The molecule has 8 heteroatoms. The van der Waals surface area contributed by atoms with Crippen LogP contribution in [-0.4, -0.2) is 21.5 Å². The Hall–Kier alpha value is -3.68. The van der Waals surface area contributed by atoms with Crippen LogP contribution >= 0.6 is 0 Å². The van der Waals surface area contributed by atoms with Gasteiger partial charge in [0.05, 0.1) is 17.7 Å². The fourth-order valence-corrected chi connectivity index (χ4v) is 2.55.